The number of rotatable bonds is 6. The number of hydrogen-bond donors (Lipinski definition) is 0. The van der Waals surface area contributed by atoms with Gasteiger partial charge in [-0.2, -0.15) is 0 Å². The largest absolute Gasteiger partial charge is 0.309 e. The number of allylic oxidation sites excluding steroid dienone is 2. The van der Waals surface area contributed by atoms with E-state index in [4.69, 9.17) is 11.6 Å². The van der Waals surface area contributed by atoms with Crippen molar-refractivity contribution in [1.29, 1.82) is 0 Å². The third kappa shape index (κ3) is 4.61. The summed E-state index contributed by atoms with van der Waals surface area (Å²) in [6.45, 7) is 6.84. The molecule has 3 aromatic heterocycles. The second kappa shape index (κ2) is 11.6. The van der Waals surface area contributed by atoms with Gasteiger partial charge >= 0.3 is 0 Å². The van der Waals surface area contributed by atoms with Crippen molar-refractivity contribution in [3.63, 3.8) is 0 Å². The molecule has 232 valence electrons. The maximum Gasteiger partial charge on any atom is 0.0726 e. The molecular formula is C45H32N4. The molecule has 0 saturated carbocycles. The minimum absolute atomic E-state index is 0.834. The van der Waals surface area contributed by atoms with Gasteiger partial charge in [0.05, 0.1) is 27.8 Å². The van der Waals surface area contributed by atoms with Gasteiger partial charge in [0.15, 0.2) is 0 Å². The maximum absolute atomic E-state index is 5.22. The fourth-order valence-electron chi connectivity index (χ4n) is 7.36. The fraction of sp³-hybridized carbons (Fsp3) is 0.0222. The topological polar surface area (TPSA) is 35.1 Å². The van der Waals surface area contributed by atoms with Crippen molar-refractivity contribution in [2.45, 2.75) is 6.92 Å². The zero-order chi connectivity index (χ0) is 32.9. The Balaban J connectivity index is 1.43. The number of aromatic nitrogens is 3. The maximum atomic E-state index is 5.22. The number of fused-ring (bicyclic) bond motifs is 10. The summed E-state index contributed by atoms with van der Waals surface area (Å²) in [6.07, 6.45) is 6.05. The van der Waals surface area contributed by atoms with Gasteiger partial charge < -0.3 is 9.13 Å². The van der Waals surface area contributed by atoms with E-state index in [9.17, 15) is 0 Å². The van der Waals surface area contributed by atoms with Crippen molar-refractivity contribution in [1.82, 2.24) is 14.1 Å². The van der Waals surface area contributed by atoms with E-state index in [-0.39, 0.29) is 0 Å². The first kappa shape index (κ1) is 28.7. The van der Waals surface area contributed by atoms with Crippen molar-refractivity contribution in [3.05, 3.63) is 182 Å². The van der Waals surface area contributed by atoms with Gasteiger partial charge in [-0.25, -0.2) is 0 Å². The number of hydrogen-bond acceptors (Lipinski definition) is 2. The van der Waals surface area contributed by atoms with E-state index in [2.05, 4.69) is 148 Å². The van der Waals surface area contributed by atoms with Crippen molar-refractivity contribution < 1.29 is 0 Å². The van der Waals surface area contributed by atoms with Gasteiger partial charge in [-0.15, -0.1) is 0 Å². The predicted octanol–water partition coefficient (Wildman–Crippen LogP) is 11.5. The number of aliphatic imine (C=N–C) groups is 1. The highest BCUT2D eigenvalue weighted by molar-refractivity contribution is 6.37. The van der Waals surface area contributed by atoms with Crippen LogP contribution in [-0.4, -0.2) is 19.8 Å². The molecule has 0 N–H and O–H groups in total. The van der Waals surface area contributed by atoms with Gasteiger partial charge in [-0.3, -0.25) is 9.98 Å². The van der Waals surface area contributed by atoms with Gasteiger partial charge in [0.1, 0.15) is 0 Å². The first-order valence-electron chi connectivity index (χ1n) is 16.5. The highest BCUT2D eigenvalue weighted by Crippen LogP contribution is 2.46. The fourth-order valence-corrected chi connectivity index (χ4v) is 7.36. The first-order chi connectivity index (χ1) is 24.2. The average Bonchev–Trinajstić information content (AvgIpc) is 3.70. The summed E-state index contributed by atoms with van der Waals surface area (Å²) in [4.78, 5) is 9.88. The van der Waals surface area contributed by atoms with Crippen molar-refractivity contribution in [2.24, 2.45) is 4.99 Å². The van der Waals surface area contributed by atoms with Crippen LogP contribution in [0.1, 0.15) is 18.1 Å². The molecule has 0 spiro atoms. The number of pyridine rings is 1. The minimum atomic E-state index is 0.834. The van der Waals surface area contributed by atoms with Gasteiger partial charge in [0, 0.05) is 62.0 Å². The lowest BCUT2D eigenvalue weighted by Gasteiger charge is -2.13. The predicted molar refractivity (Wildman–Crippen MR) is 207 cm³/mol. The molecule has 0 unspecified atom stereocenters. The second-order valence-corrected chi connectivity index (χ2v) is 12.4. The monoisotopic (exact) mass is 628 g/mol. The summed E-state index contributed by atoms with van der Waals surface area (Å²) >= 11 is 0. The van der Waals surface area contributed by atoms with Crippen molar-refractivity contribution in [2.75, 3.05) is 0 Å². The molecule has 0 radical (unpaired) electrons. The lowest BCUT2D eigenvalue weighted by molar-refractivity contribution is 1.18. The quantitative estimate of drug-likeness (QED) is 0.133. The van der Waals surface area contributed by atoms with Crippen LogP contribution in [0.5, 0.6) is 0 Å². The summed E-state index contributed by atoms with van der Waals surface area (Å²) in [5.74, 6) is 0. The Hall–Kier alpha value is -6.52. The average molecular weight is 629 g/mol. The van der Waals surface area contributed by atoms with E-state index >= 15 is 0 Å². The molecule has 4 nitrogen and oxygen atoms in total. The molecule has 0 bridgehead atoms. The molecule has 9 rings (SSSR count). The second-order valence-electron chi connectivity index (χ2n) is 12.4. The van der Waals surface area contributed by atoms with Crippen LogP contribution in [0.3, 0.4) is 0 Å². The lowest BCUT2D eigenvalue weighted by Crippen LogP contribution is -1.98. The molecule has 0 aliphatic carbocycles. The zero-order valence-corrected chi connectivity index (χ0v) is 27.1. The van der Waals surface area contributed by atoms with Crippen molar-refractivity contribution >= 4 is 71.5 Å². The van der Waals surface area contributed by atoms with E-state index < -0.39 is 0 Å². The summed E-state index contributed by atoms with van der Waals surface area (Å²) in [7, 11) is 0. The third-order valence-electron chi connectivity index (χ3n) is 9.49. The molecule has 0 fully saturated rings. The van der Waals surface area contributed by atoms with E-state index in [1.165, 1.54) is 21.5 Å². The van der Waals surface area contributed by atoms with Crippen LogP contribution in [0.15, 0.2) is 176 Å². The summed E-state index contributed by atoms with van der Waals surface area (Å²) < 4.78 is 4.72. The smallest absolute Gasteiger partial charge is 0.0726 e. The molecular weight excluding hydrogens is 597 g/mol. The number of benzene rings is 6. The zero-order valence-electron chi connectivity index (χ0n) is 27.1. The van der Waals surface area contributed by atoms with Crippen LogP contribution in [-0.2, 0) is 0 Å². The lowest BCUT2D eigenvalue weighted by atomic mass is 10.0. The van der Waals surface area contributed by atoms with E-state index in [1.807, 2.05) is 36.7 Å². The van der Waals surface area contributed by atoms with Crippen LogP contribution >= 0.6 is 0 Å². The van der Waals surface area contributed by atoms with Gasteiger partial charge in [0.25, 0.3) is 0 Å². The summed E-state index contributed by atoms with van der Waals surface area (Å²) in [6, 6.07) is 50.8. The van der Waals surface area contributed by atoms with E-state index in [0.717, 1.165) is 66.8 Å². The Morgan fingerprint density at radius 3 is 1.90 bits per heavy atom. The summed E-state index contributed by atoms with van der Waals surface area (Å²) in [5, 5.41) is 6.99. The summed E-state index contributed by atoms with van der Waals surface area (Å²) in [5.41, 5.74) is 10.3. The normalized spacial score (nSPS) is 12.5. The SMILES string of the molecule is C=C(/C=C(\N=C(/C)c1ccccc1)c1ccccc1)n1c2ccccc2c2c3ccncc3c3c(c4ccccc4n3-c3ccccc3)c21. The number of para-hydroxylation sites is 3. The Labute approximate surface area is 284 Å². The Bertz CT molecular complexity index is 2770. The highest BCUT2D eigenvalue weighted by atomic mass is 15.0. The minimum Gasteiger partial charge on any atom is -0.309 e. The Kier molecular flexibility index (Phi) is 6.80. The molecule has 6 aromatic carbocycles. The van der Waals surface area contributed by atoms with Crippen LogP contribution in [0.4, 0.5) is 0 Å². The molecule has 0 aliphatic heterocycles. The molecule has 0 saturated heterocycles. The van der Waals surface area contributed by atoms with Gasteiger partial charge in [-0.05, 0) is 54.3 Å². The van der Waals surface area contributed by atoms with E-state index in [1.54, 1.807) is 0 Å². The van der Waals surface area contributed by atoms with E-state index in [0.29, 0.717) is 0 Å². The van der Waals surface area contributed by atoms with Gasteiger partial charge in [0.2, 0.25) is 0 Å². The standard InChI is InChI=1S/C45H32N4/c1-30(28-39(33-18-8-4-9-19-33)47-31(2)32-16-6-3-7-17-32)48-40-24-14-12-22-36(40)42-35-26-27-46-29-38(35)44-43(45(42)48)37-23-13-15-25-41(37)49(44)34-20-10-5-11-21-34/h3-29H,1H2,2H3/b39-28-,47-31+. The molecule has 0 amide bonds. The number of nitrogens with zero attached hydrogens (tertiary/aromatic N) is 4. The molecule has 0 aliphatic rings. The first-order valence-corrected chi connectivity index (χ1v) is 16.5. The third-order valence-corrected chi connectivity index (χ3v) is 9.49. The van der Waals surface area contributed by atoms with Crippen molar-refractivity contribution in [3.8, 4) is 5.69 Å². The van der Waals surface area contributed by atoms with Gasteiger partial charge in [-0.1, -0.05) is 122 Å². The Morgan fingerprint density at radius 1 is 0.592 bits per heavy atom. The van der Waals surface area contributed by atoms with Crippen LogP contribution in [0.2, 0.25) is 0 Å². The highest BCUT2D eigenvalue weighted by Gasteiger charge is 2.24. The molecule has 3 heterocycles. The molecule has 49 heavy (non-hydrogen) atoms. The molecule has 9 aromatic rings. The molecule has 4 heteroatoms. The van der Waals surface area contributed by atoms with Crippen LogP contribution in [0, 0.1) is 0 Å². The van der Waals surface area contributed by atoms with Crippen LogP contribution in [0.25, 0.3) is 71.5 Å². The van der Waals surface area contributed by atoms with Crippen LogP contribution < -0.4 is 0 Å². The molecule has 0 atom stereocenters. The Morgan fingerprint density at radius 2 is 1.18 bits per heavy atom.